The van der Waals surface area contributed by atoms with Gasteiger partial charge in [0.2, 0.25) is 5.95 Å². The van der Waals surface area contributed by atoms with Crippen LogP contribution in [0.3, 0.4) is 0 Å². The number of imidazole rings is 1. The smallest absolute Gasteiger partial charge is 0.318 e. The Balaban J connectivity index is 1.35. The van der Waals surface area contributed by atoms with Gasteiger partial charge in [-0.25, -0.2) is 9.78 Å². The molecular weight excluding hydrogens is 662 g/mol. The zero-order valence-corrected chi connectivity index (χ0v) is 27.8. The van der Waals surface area contributed by atoms with Crippen molar-refractivity contribution >= 4 is 39.4 Å². The SMILES string of the molecule is Cc1cc2[nH]ncc2c(-c2c(-c3ccc4c(cnn4C)c3)nn(C3C(C(F)(F)F)CC4(CCCN4C(=O)n4cnc(F)c4)C3C)c2C)c1Cl. The second kappa shape index (κ2) is 10.9. The van der Waals surface area contributed by atoms with Crippen molar-refractivity contribution in [1.29, 1.82) is 0 Å². The molecule has 49 heavy (non-hydrogen) atoms. The lowest BCUT2D eigenvalue weighted by molar-refractivity contribution is -0.184. The molecule has 0 bridgehead atoms. The molecule has 0 radical (unpaired) electrons. The molecule has 1 spiro atoms. The van der Waals surface area contributed by atoms with Crippen LogP contribution in [0.4, 0.5) is 22.4 Å². The maximum absolute atomic E-state index is 15.3. The third kappa shape index (κ3) is 4.62. The van der Waals surface area contributed by atoms with Crippen molar-refractivity contribution in [3.8, 4) is 22.4 Å². The molecule has 4 aromatic heterocycles. The van der Waals surface area contributed by atoms with Crippen molar-refractivity contribution in [3.63, 3.8) is 0 Å². The number of nitrogens with one attached hydrogen (secondary N) is 1. The number of alkyl halides is 3. The highest BCUT2D eigenvalue weighted by molar-refractivity contribution is 6.36. The summed E-state index contributed by atoms with van der Waals surface area (Å²) < 4.78 is 63.8. The number of carbonyl (C=O) groups is 1. The second-order valence-corrected chi connectivity index (χ2v) is 13.8. The van der Waals surface area contributed by atoms with Gasteiger partial charge in [-0.05, 0) is 56.9 Å². The largest absolute Gasteiger partial charge is 0.393 e. The second-order valence-electron chi connectivity index (χ2n) is 13.4. The predicted molar refractivity (Wildman–Crippen MR) is 176 cm³/mol. The van der Waals surface area contributed by atoms with Gasteiger partial charge < -0.3 is 4.90 Å². The number of hydrogen-bond donors (Lipinski definition) is 1. The molecule has 8 rings (SSSR count). The number of benzene rings is 2. The van der Waals surface area contributed by atoms with Crippen LogP contribution in [-0.4, -0.2) is 68.5 Å². The molecule has 5 heterocycles. The molecule has 15 heteroatoms. The first-order valence-corrected chi connectivity index (χ1v) is 16.4. The van der Waals surface area contributed by atoms with Crippen LogP contribution in [0.25, 0.3) is 44.2 Å². The molecule has 6 aromatic rings. The van der Waals surface area contributed by atoms with E-state index in [2.05, 4.69) is 20.3 Å². The molecule has 2 aliphatic rings. The zero-order valence-electron chi connectivity index (χ0n) is 27.1. The van der Waals surface area contributed by atoms with Gasteiger partial charge in [0, 0.05) is 52.7 Å². The number of likely N-dealkylation sites (tertiary alicyclic amines) is 1. The van der Waals surface area contributed by atoms with Crippen molar-refractivity contribution < 1.29 is 22.4 Å². The molecule has 1 saturated heterocycles. The van der Waals surface area contributed by atoms with Crippen molar-refractivity contribution in [2.75, 3.05) is 6.54 Å². The molecule has 1 aliphatic heterocycles. The zero-order chi connectivity index (χ0) is 34.6. The van der Waals surface area contributed by atoms with Gasteiger partial charge in [0.15, 0.2) is 0 Å². The molecule has 1 aliphatic carbocycles. The number of halogens is 5. The Kier molecular flexibility index (Phi) is 7.01. The summed E-state index contributed by atoms with van der Waals surface area (Å²) in [5.74, 6) is -3.34. The van der Waals surface area contributed by atoms with E-state index in [1.165, 1.54) is 9.58 Å². The van der Waals surface area contributed by atoms with Crippen LogP contribution in [0.15, 0.2) is 49.2 Å². The number of aromatic amines is 1. The van der Waals surface area contributed by atoms with Gasteiger partial charge in [0.25, 0.3) is 0 Å². The first-order chi connectivity index (χ1) is 23.3. The third-order valence-electron chi connectivity index (χ3n) is 10.9. The van der Waals surface area contributed by atoms with Crippen molar-refractivity contribution in [2.24, 2.45) is 18.9 Å². The molecular formula is C34H32ClF4N9O. The van der Waals surface area contributed by atoms with Crippen LogP contribution in [0, 0.1) is 31.6 Å². The lowest BCUT2D eigenvalue weighted by atomic mass is 9.84. The van der Waals surface area contributed by atoms with E-state index in [0.29, 0.717) is 51.3 Å². The number of H-pyrrole nitrogens is 1. The Hall–Kier alpha value is -4.72. The number of rotatable bonds is 3. The lowest BCUT2D eigenvalue weighted by Gasteiger charge is -2.40. The topological polar surface area (TPSA) is 102 Å². The Labute approximate surface area is 282 Å². The van der Waals surface area contributed by atoms with E-state index >= 15 is 13.2 Å². The van der Waals surface area contributed by atoms with Crippen molar-refractivity contribution in [2.45, 2.75) is 57.8 Å². The summed E-state index contributed by atoms with van der Waals surface area (Å²) in [6.07, 6.45) is 1.37. The fourth-order valence-corrected chi connectivity index (χ4v) is 8.78. The summed E-state index contributed by atoms with van der Waals surface area (Å²) in [6, 6.07) is 5.85. The minimum absolute atomic E-state index is 0.247. The number of aryl methyl sites for hydroxylation is 2. The molecule has 254 valence electrons. The summed E-state index contributed by atoms with van der Waals surface area (Å²) in [5, 5.41) is 18.7. The summed E-state index contributed by atoms with van der Waals surface area (Å²) in [6.45, 7) is 5.66. The number of nitrogens with zero attached hydrogens (tertiary/aromatic N) is 8. The monoisotopic (exact) mass is 693 g/mol. The van der Waals surface area contributed by atoms with Gasteiger partial charge in [0.1, 0.15) is 12.0 Å². The lowest BCUT2D eigenvalue weighted by Crippen LogP contribution is -2.51. The van der Waals surface area contributed by atoms with Crippen molar-refractivity contribution in [3.05, 3.63) is 71.4 Å². The Morgan fingerprint density at radius 3 is 2.67 bits per heavy atom. The van der Waals surface area contributed by atoms with Crippen LogP contribution in [0.1, 0.15) is 43.5 Å². The highest BCUT2D eigenvalue weighted by Gasteiger charge is 2.64. The normalized spacial score (nSPS) is 22.8. The molecule has 10 nitrogen and oxygen atoms in total. The van der Waals surface area contributed by atoms with Crippen LogP contribution in [0.2, 0.25) is 5.02 Å². The standard InChI is InChI=1S/C34H32ClF4N9O/c1-17-10-24-22(14-41-43-24)28(29(17)35)27-19(3)48(44-30(27)20-6-7-25-21(11-20)13-42-45(25)4)31-18(2)33(12-23(31)34(37,38)39)8-5-9-47(33)32(49)46-15-26(36)40-16-46/h6-7,10-11,13-16,18,23,31H,5,8-9,12H2,1-4H3,(H,41,43). The van der Waals surface area contributed by atoms with Crippen LogP contribution in [0.5, 0.6) is 0 Å². The molecule has 1 amide bonds. The van der Waals surface area contributed by atoms with Gasteiger partial charge in [-0.3, -0.25) is 19.0 Å². The Bertz CT molecular complexity index is 2280. The minimum Gasteiger partial charge on any atom is -0.318 e. The van der Waals surface area contributed by atoms with Gasteiger partial charge in [-0.1, -0.05) is 24.6 Å². The van der Waals surface area contributed by atoms with Crippen molar-refractivity contribution in [1.82, 2.24) is 44.2 Å². The first kappa shape index (κ1) is 31.5. The third-order valence-corrected chi connectivity index (χ3v) is 11.4. The average molecular weight is 694 g/mol. The molecule has 2 fully saturated rings. The van der Waals surface area contributed by atoms with E-state index in [4.69, 9.17) is 16.7 Å². The molecule has 1 saturated carbocycles. The Morgan fingerprint density at radius 1 is 1.14 bits per heavy atom. The van der Waals surface area contributed by atoms with Gasteiger partial charge in [-0.15, -0.1) is 0 Å². The van der Waals surface area contributed by atoms with Gasteiger partial charge in [-0.2, -0.15) is 32.9 Å². The molecule has 4 unspecified atom stereocenters. The maximum atomic E-state index is 15.3. The number of aromatic nitrogens is 8. The number of fused-ring (bicyclic) bond motifs is 2. The van der Waals surface area contributed by atoms with E-state index in [1.54, 1.807) is 30.9 Å². The van der Waals surface area contributed by atoms with E-state index < -0.39 is 41.6 Å². The fraction of sp³-hybridized carbons (Fsp3) is 0.382. The van der Waals surface area contributed by atoms with E-state index in [1.807, 2.05) is 38.2 Å². The summed E-state index contributed by atoms with van der Waals surface area (Å²) in [7, 11) is 1.84. The van der Waals surface area contributed by atoms with E-state index in [9.17, 15) is 9.18 Å². The summed E-state index contributed by atoms with van der Waals surface area (Å²) in [5.41, 5.74) is 4.14. The van der Waals surface area contributed by atoms with E-state index in [0.717, 1.165) is 39.1 Å². The predicted octanol–water partition coefficient (Wildman–Crippen LogP) is 7.85. The Morgan fingerprint density at radius 2 is 1.94 bits per heavy atom. The van der Waals surface area contributed by atoms with E-state index in [-0.39, 0.29) is 13.0 Å². The highest BCUT2D eigenvalue weighted by Crippen LogP contribution is 2.59. The summed E-state index contributed by atoms with van der Waals surface area (Å²) >= 11 is 7.05. The van der Waals surface area contributed by atoms with Crippen LogP contribution >= 0.6 is 11.6 Å². The average Bonchev–Trinajstić information content (AvgIpc) is 3.91. The summed E-state index contributed by atoms with van der Waals surface area (Å²) in [4.78, 5) is 18.7. The van der Waals surface area contributed by atoms with Gasteiger partial charge >= 0.3 is 12.2 Å². The fourth-order valence-electron chi connectivity index (χ4n) is 8.53. The van der Waals surface area contributed by atoms with Crippen LogP contribution < -0.4 is 0 Å². The quantitative estimate of drug-likeness (QED) is 0.190. The number of hydrogen-bond acceptors (Lipinski definition) is 5. The minimum atomic E-state index is -4.60. The molecule has 2 aromatic carbocycles. The van der Waals surface area contributed by atoms with Gasteiger partial charge in [0.05, 0.1) is 52.1 Å². The number of amides is 1. The van der Waals surface area contributed by atoms with Crippen LogP contribution in [-0.2, 0) is 7.05 Å². The maximum Gasteiger partial charge on any atom is 0.393 e. The first-order valence-electron chi connectivity index (χ1n) is 16.0. The highest BCUT2D eigenvalue weighted by atomic mass is 35.5. The molecule has 1 N–H and O–H groups in total. The number of carbonyl (C=O) groups excluding carboxylic acids is 1. The molecule has 4 atom stereocenters.